The van der Waals surface area contributed by atoms with Crippen LogP contribution in [0.2, 0.25) is 0 Å². The van der Waals surface area contributed by atoms with Crippen molar-refractivity contribution < 1.29 is 23.9 Å². The molecule has 0 aromatic heterocycles. The van der Waals surface area contributed by atoms with Gasteiger partial charge >= 0.3 is 5.97 Å². The molecule has 2 rings (SSSR count). The maximum absolute atomic E-state index is 12.2. The molecular weight excluding hydrogens is 314 g/mol. The van der Waals surface area contributed by atoms with Crippen LogP contribution in [0.5, 0.6) is 5.75 Å². The van der Waals surface area contributed by atoms with Crippen molar-refractivity contribution in [3.8, 4) is 5.75 Å². The fourth-order valence-corrected chi connectivity index (χ4v) is 2.61. The zero-order valence-corrected chi connectivity index (χ0v) is 13.3. The normalized spacial score (nSPS) is 16.5. The quantitative estimate of drug-likeness (QED) is 0.572. The highest BCUT2D eigenvalue weighted by molar-refractivity contribution is 5.99. The molecule has 1 heterocycles. The Bertz CT molecular complexity index is 673. The molecule has 1 atom stereocenters. The van der Waals surface area contributed by atoms with Crippen LogP contribution in [0.15, 0.2) is 24.3 Å². The van der Waals surface area contributed by atoms with Crippen molar-refractivity contribution in [2.24, 2.45) is 5.73 Å². The van der Waals surface area contributed by atoms with Crippen LogP contribution >= 0.6 is 0 Å². The molecule has 1 aromatic carbocycles. The van der Waals surface area contributed by atoms with Crippen LogP contribution in [0.1, 0.15) is 30.1 Å². The van der Waals surface area contributed by atoms with Gasteiger partial charge in [-0.2, -0.15) is 0 Å². The van der Waals surface area contributed by atoms with Gasteiger partial charge in [0.1, 0.15) is 11.8 Å². The van der Waals surface area contributed by atoms with Crippen molar-refractivity contribution in [3.63, 3.8) is 0 Å². The van der Waals surface area contributed by atoms with Crippen molar-refractivity contribution in [1.29, 1.82) is 0 Å². The Balaban J connectivity index is 1.99. The van der Waals surface area contributed by atoms with Gasteiger partial charge in [0.25, 0.3) is 5.91 Å². The lowest BCUT2D eigenvalue weighted by molar-refractivity contribution is -0.136. The first-order valence-corrected chi connectivity index (χ1v) is 7.54. The van der Waals surface area contributed by atoms with Crippen LogP contribution in [-0.4, -0.2) is 47.7 Å². The van der Waals surface area contributed by atoms with Gasteiger partial charge in [-0.3, -0.25) is 19.2 Å². The zero-order chi connectivity index (χ0) is 17.7. The number of hydrogen-bond donors (Lipinski definition) is 2. The Hall–Kier alpha value is -2.90. The summed E-state index contributed by atoms with van der Waals surface area (Å²) < 4.78 is 4.97. The third-order valence-corrected chi connectivity index (χ3v) is 3.69. The maximum atomic E-state index is 12.2. The van der Waals surface area contributed by atoms with Gasteiger partial charge < -0.3 is 20.7 Å². The van der Waals surface area contributed by atoms with Crippen LogP contribution in [0.3, 0.4) is 0 Å². The number of primary amides is 1. The van der Waals surface area contributed by atoms with E-state index in [2.05, 4.69) is 5.32 Å². The molecule has 128 valence electrons. The molecule has 0 aliphatic carbocycles. The highest BCUT2D eigenvalue weighted by atomic mass is 16.5. The van der Waals surface area contributed by atoms with Gasteiger partial charge in [-0.15, -0.1) is 0 Å². The Labute approximate surface area is 138 Å². The number of likely N-dealkylation sites (tertiary alicyclic amines) is 1. The standard InChI is InChI=1S/C16H19N3O5/c1-10(20)24-13-7-3-2-5-11(13)16(23)18-9-14(21)19-8-4-6-12(19)15(17)22/h2-3,5,7,12H,4,6,8-9H2,1H3,(H2,17,22)(H,18,23). The van der Waals surface area contributed by atoms with Gasteiger partial charge in [0.2, 0.25) is 11.8 Å². The van der Waals surface area contributed by atoms with E-state index in [0.717, 1.165) is 0 Å². The Morgan fingerprint density at radius 3 is 2.67 bits per heavy atom. The summed E-state index contributed by atoms with van der Waals surface area (Å²) >= 11 is 0. The lowest BCUT2D eigenvalue weighted by atomic mass is 10.2. The molecule has 3 amide bonds. The predicted octanol–water partition coefficient (Wildman–Crippen LogP) is -0.182. The number of benzene rings is 1. The average molecular weight is 333 g/mol. The number of para-hydroxylation sites is 1. The average Bonchev–Trinajstić information content (AvgIpc) is 3.02. The molecule has 8 nitrogen and oxygen atoms in total. The molecule has 0 saturated carbocycles. The molecule has 0 radical (unpaired) electrons. The second kappa shape index (κ2) is 7.58. The fourth-order valence-electron chi connectivity index (χ4n) is 2.61. The fraction of sp³-hybridized carbons (Fsp3) is 0.375. The summed E-state index contributed by atoms with van der Waals surface area (Å²) in [6, 6.07) is 5.60. The minimum atomic E-state index is -0.622. The van der Waals surface area contributed by atoms with Gasteiger partial charge in [-0.05, 0) is 25.0 Å². The SMILES string of the molecule is CC(=O)Oc1ccccc1C(=O)NCC(=O)N1CCCC1C(N)=O. The van der Waals surface area contributed by atoms with E-state index in [1.165, 1.54) is 24.0 Å². The van der Waals surface area contributed by atoms with E-state index in [0.29, 0.717) is 19.4 Å². The van der Waals surface area contributed by atoms with Crippen LogP contribution in [0.4, 0.5) is 0 Å². The summed E-state index contributed by atoms with van der Waals surface area (Å²) in [5.41, 5.74) is 5.42. The molecule has 3 N–H and O–H groups in total. The molecule has 1 aliphatic rings. The molecule has 1 aromatic rings. The number of esters is 1. The van der Waals surface area contributed by atoms with Crippen molar-refractivity contribution in [3.05, 3.63) is 29.8 Å². The minimum absolute atomic E-state index is 0.117. The first-order valence-electron chi connectivity index (χ1n) is 7.54. The highest BCUT2D eigenvalue weighted by Crippen LogP contribution is 2.19. The third kappa shape index (κ3) is 4.09. The van der Waals surface area contributed by atoms with E-state index in [4.69, 9.17) is 10.5 Å². The van der Waals surface area contributed by atoms with Gasteiger partial charge in [-0.1, -0.05) is 12.1 Å². The summed E-state index contributed by atoms with van der Waals surface area (Å²) in [5, 5.41) is 2.48. The second-order valence-corrected chi connectivity index (χ2v) is 5.42. The highest BCUT2D eigenvalue weighted by Gasteiger charge is 2.32. The summed E-state index contributed by atoms with van der Waals surface area (Å²) in [7, 11) is 0. The van der Waals surface area contributed by atoms with Gasteiger partial charge in [0.15, 0.2) is 0 Å². The van der Waals surface area contributed by atoms with E-state index in [-0.39, 0.29) is 23.8 Å². The number of hydrogen-bond acceptors (Lipinski definition) is 5. The smallest absolute Gasteiger partial charge is 0.308 e. The van der Waals surface area contributed by atoms with Crippen molar-refractivity contribution in [1.82, 2.24) is 10.2 Å². The summed E-state index contributed by atoms with van der Waals surface area (Å²) in [5.74, 6) is -1.91. The van der Waals surface area contributed by atoms with Gasteiger partial charge in [-0.25, -0.2) is 0 Å². The first kappa shape index (κ1) is 17.5. The lowest BCUT2D eigenvalue weighted by Crippen LogP contribution is -2.47. The predicted molar refractivity (Wildman–Crippen MR) is 84.0 cm³/mol. The van der Waals surface area contributed by atoms with Gasteiger partial charge in [0, 0.05) is 13.5 Å². The summed E-state index contributed by atoms with van der Waals surface area (Å²) in [6.45, 7) is 1.40. The van der Waals surface area contributed by atoms with Crippen LogP contribution < -0.4 is 15.8 Å². The topological polar surface area (TPSA) is 119 Å². The Morgan fingerprint density at radius 2 is 2.00 bits per heavy atom. The summed E-state index contributed by atoms with van der Waals surface area (Å²) in [6.07, 6.45) is 1.23. The van der Waals surface area contributed by atoms with Crippen molar-refractivity contribution in [2.75, 3.05) is 13.1 Å². The molecule has 1 unspecified atom stereocenters. The van der Waals surface area contributed by atoms with E-state index in [1.807, 2.05) is 0 Å². The zero-order valence-electron chi connectivity index (χ0n) is 13.3. The molecule has 1 aliphatic heterocycles. The monoisotopic (exact) mass is 333 g/mol. The van der Waals surface area contributed by atoms with E-state index in [9.17, 15) is 19.2 Å². The van der Waals surface area contributed by atoms with E-state index in [1.54, 1.807) is 12.1 Å². The summed E-state index contributed by atoms with van der Waals surface area (Å²) in [4.78, 5) is 48.2. The van der Waals surface area contributed by atoms with Crippen molar-refractivity contribution in [2.45, 2.75) is 25.8 Å². The molecule has 0 spiro atoms. The molecule has 1 saturated heterocycles. The largest absolute Gasteiger partial charge is 0.426 e. The number of nitrogens with two attached hydrogens (primary N) is 1. The lowest BCUT2D eigenvalue weighted by Gasteiger charge is -2.22. The number of carbonyl (C=O) groups is 4. The van der Waals surface area contributed by atoms with Crippen LogP contribution in [0.25, 0.3) is 0 Å². The molecular formula is C16H19N3O5. The van der Waals surface area contributed by atoms with Gasteiger partial charge in [0.05, 0.1) is 12.1 Å². The van der Waals surface area contributed by atoms with Crippen LogP contribution in [-0.2, 0) is 14.4 Å². The second-order valence-electron chi connectivity index (χ2n) is 5.42. The number of nitrogens with zero attached hydrogens (tertiary/aromatic N) is 1. The number of ether oxygens (including phenoxy) is 1. The van der Waals surface area contributed by atoms with E-state index < -0.39 is 23.8 Å². The molecule has 24 heavy (non-hydrogen) atoms. The third-order valence-electron chi connectivity index (χ3n) is 3.69. The van der Waals surface area contributed by atoms with Crippen LogP contribution in [0, 0.1) is 0 Å². The van der Waals surface area contributed by atoms with Crippen molar-refractivity contribution >= 4 is 23.7 Å². The molecule has 1 fully saturated rings. The molecule has 8 heteroatoms. The molecule has 0 bridgehead atoms. The number of nitrogens with one attached hydrogen (secondary N) is 1. The Kier molecular flexibility index (Phi) is 5.51. The number of rotatable bonds is 5. The Morgan fingerprint density at radius 1 is 1.29 bits per heavy atom. The number of carbonyl (C=O) groups excluding carboxylic acids is 4. The maximum Gasteiger partial charge on any atom is 0.308 e. The van der Waals surface area contributed by atoms with E-state index >= 15 is 0 Å². The number of amides is 3. The minimum Gasteiger partial charge on any atom is -0.426 e. The first-order chi connectivity index (χ1) is 11.4.